The summed E-state index contributed by atoms with van der Waals surface area (Å²) in [5.74, 6) is -0.180. The summed E-state index contributed by atoms with van der Waals surface area (Å²) >= 11 is 0. The molecule has 0 saturated heterocycles. The maximum Gasteiger partial charge on any atom is 0.306 e. The summed E-state index contributed by atoms with van der Waals surface area (Å²) in [7, 11) is 1.43. The molecule has 1 aromatic carbocycles. The lowest BCUT2D eigenvalue weighted by molar-refractivity contribution is -0.143. The number of methoxy groups -OCH3 is 1. The van der Waals surface area contributed by atoms with E-state index in [1.165, 1.54) is 34.9 Å². The van der Waals surface area contributed by atoms with Crippen molar-refractivity contribution >= 4 is 5.97 Å². The van der Waals surface area contributed by atoms with Crippen LogP contribution in [-0.2, 0) is 9.53 Å². The Morgan fingerprint density at radius 3 is 2.10 bits per heavy atom. The average molecular weight is 291 g/mol. The Bertz CT molecular complexity index is 506. The molecule has 1 aromatic rings. The zero-order chi connectivity index (χ0) is 16.4. The first-order valence-corrected chi connectivity index (χ1v) is 7.48. The van der Waals surface area contributed by atoms with Crippen molar-refractivity contribution in [1.29, 1.82) is 0 Å². The second-order valence-electron chi connectivity index (χ2n) is 6.90. The third-order valence-corrected chi connectivity index (χ3v) is 4.42. The highest BCUT2D eigenvalue weighted by atomic mass is 16.5. The molecule has 1 unspecified atom stereocenters. The molecule has 0 aliphatic rings. The summed E-state index contributed by atoms with van der Waals surface area (Å²) in [4.78, 5) is 11.5. The minimum absolute atomic E-state index is 0.0664. The van der Waals surface area contributed by atoms with Gasteiger partial charge in [0.25, 0.3) is 0 Å². The van der Waals surface area contributed by atoms with Gasteiger partial charge in [0.1, 0.15) is 0 Å². The number of ether oxygens (including phenoxy) is 1. The molecule has 1 atom stereocenters. The quantitative estimate of drug-likeness (QED) is 0.837. The van der Waals surface area contributed by atoms with E-state index in [0.29, 0.717) is 6.42 Å². The third kappa shape index (κ3) is 4.31. The Balaban J connectivity index is 3.05. The molecule has 0 aliphatic carbocycles. The van der Waals surface area contributed by atoms with E-state index in [4.69, 9.17) is 10.5 Å². The second-order valence-corrected chi connectivity index (χ2v) is 6.90. The van der Waals surface area contributed by atoms with Gasteiger partial charge in [-0.1, -0.05) is 19.9 Å². The first-order valence-electron chi connectivity index (χ1n) is 7.48. The van der Waals surface area contributed by atoms with Gasteiger partial charge < -0.3 is 10.5 Å². The van der Waals surface area contributed by atoms with Crippen LogP contribution in [0, 0.1) is 33.1 Å². The van der Waals surface area contributed by atoms with Crippen molar-refractivity contribution in [3.8, 4) is 0 Å². The number of aryl methyl sites for hydroxylation is 2. The summed E-state index contributed by atoms with van der Waals surface area (Å²) in [6.07, 6.45) is 1.15. The molecule has 2 N–H and O–H groups in total. The molecule has 21 heavy (non-hydrogen) atoms. The highest BCUT2D eigenvalue weighted by Gasteiger charge is 2.27. The molecule has 0 aromatic heterocycles. The molecule has 0 saturated carbocycles. The SMILES string of the molecule is COC(=O)CC(C)(C)CC(N)c1c(C)c(C)cc(C)c1C. The normalized spacial score (nSPS) is 13.1. The van der Waals surface area contributed by atoms with Gasteiger partial charge in [0, 0.05) is 6.04 Å². The van der Waals surface area contributed by atoms with Gasteiger partial charge in [-0.3, -0.25) is 4.79 Å². The summed E-state index contributed by atoms with van der Waals surface area (Å²) in [6.45, 7) is 12.6. The van der Waals surface area contributed by atoms with Crippen LogP contribution in [0.3, 0.4) is 0 Å². The minimum Gasteiger partial charge on any atom is -0.469 e. The van der Waals surface area contributed by atoms with Crippen LogP contribution in [0.2, 0.25) is 0 Å². The van der Waals surface area contributed by atoms with Gasteiger partial charge in [0.05, 0.1) is 13.5 Å². The van der Waals surface area contributed by atoms with Gasteiger partial charge in [-0.25, -0.2) is 0 Å². The maximum absolute atomic E-state index is 11.5. The van der Waals surface area contributed by atoms with Crippen molar-refractivity contribution in [1.82, 2.24) is 0 Å². The zero-order valence-corrected chi connectivity index (χ0v) is 14.5. The summed E-state index contributed by atoms with van der Waals surface area (Å²) < 4.78 is 4.78. The molecule has 0 radical (unpaired) electrons. The van der Waals surface area contributed by atoms with Crippen LogP contribution in [0.15, 0.2) is 6.07 Å². The van der Waals surface area contributed by atoms with Crippen LogP contribution in [0.5, 0.6) is 0 Å². The molecule has 0 bridgehead atoms. The molecular formula is C18H29NO2. The smallest absolute Gasteiger partial charge is 0.306 e. The summed E-state index contributed by atoms with van der Waals surface area (Å²) in [5.41, 5.74) is 12.6. The largest absolute Gasteiger partial charge is 0.469 e. The van der Waals surface area contributed by atoms with E-state index < -0.39 is 0 Å². The highest BCUT2D eigenvalue weighted by Crippen LogP contribution is 2.35. The van der Waals surface area contributed by atoms with Crippen LogP contribution in [0.1, 0.15) is 60.5 Å². The van der Waals surface area contributed by atoms with E-state index >= 15 is 0 Å². The molecule has 0 spiro atoms. The lowest BCUT2D eigenvalue weighted by atomic mass is 9.78. The van der Waals surface area contributed by atoms with E-state index in [9.17, 15) is 4.79 Å². The first-order chi connectivity index (χ1) is 9.59. The molecule has 0 aliphatic heterocycles. The maximum atomic E-state index is 11.5. The average Bonchev–Trinajstić information content (AvgIpc) is 2.35. The lowest BCUT2D eigenvalue weighted by Crippen LogP contribution is -2.26. The predicted molar refractivity (Wildman–Crippen MR) is 87.3 cm³/mol. The predicted octanol–water partition coefficient (Wildman–Crippen LogP) is 3.90. The number of benzene rings is 1. The van der Waals surface area contributed by atoms with Crippen LogP contribution >= 0.6 is 0 Å². The zero-order valence-electron chi connectivity index (χ0n) is 14.5. The van der Waals surface area contributed by atoms with Crippen molar-refractivity contribution in [3.63, 3.8) is 0 Å². The molecule has 0 amide bonds. The van der Waals surface area contributed by atoms with Crippen molar-refractivity contribution in [2.45, 2.75) is 60.4 Å². The van der Waals surface area contributed by atoms with Gasteiger partial charge >= 0.3 is 5.97 Å². The third-order valence-electron chi connectivity index (χ3n) is 4.42. The lowest BCUT2D eigenvalue weighted by Gasteiger charge is -2.29. The molecule has 118 valence electrons. The Hall–Kier alpha value is -1.35. The number of carbonyl (C=O) groups is 1. The highest BCUT2D eigenvalue weighted by molar-refractivity contribution is 5.69. The monoisotopic (exact) mass is 291 g/mol. The van der Waals surface area contributed by atoms with E-state index in [-0.39, 0.29) is 17.4 Å². The van der Waals surface area contributed by atoms with Crippen molar-refractivity contribution in [2.75, 3.05) is 7.11 Å². The molecule has 0 heterocycles. The number of carbonyl (C=O) groups excluding carboxylic acids is 1. The number of hydrogen-bond donors (Lipinski definition) is 1. The number of rotatable bonds is 5. The fourth-order valence-corrected chi connectivity index (χ4v) is 3.04. The van der Waals surface area contributed by atoms with Crippen molar-refractivity contribution in [2.24, 2.45) is 11.1 Å². The Morgan fingerprint density at radius 2 is 1.67 bits per heavy atom. The van der Waals surface area contributed by atoms with E-state index in [1.807, 2.05) is 0 Å². The molecule has 3 nitrogen and oxygen atoms in total. The standard InChI is InChI=1S/C18H29NO2/c1-11-8-12(2)14(4)17(13(11)3)15(19)9-18(5,6)10-16(20)21-7/h8,15H,9-10,19H2,1-7H3. The Kier molecular flexibility index (Phi) is 5.57. The molecule has 1 rings (SSSR count). The van der Waals surface area contributed by atoms with Crippen LogP contribution in [0.25, 0.3) is 0 Å². The summed E-state index contributed by atoms with van der Waals surface area (Å²) in [5, 5.41) is 0. The topological polar surface area (TPSA) is 52.3 Å². The van der Waals surface area contributed by atoms with Gasteiger partial charge in [-0.05, 0) is 67.3 Å². The van der Waals surface area contributed by atoms with Crippen LogP contribution in [0.4, 0.5) is 0 Å². The van der Waals surface area contributed by atoms with E-state index in [2.05, 4.69) is 47.6 Å². The minimum atomic E-state index is -0.180. The fourth-order valence-electron chi connectivity index (χ4n) is 3.04. The van der Waals surface area contributed by atoms with Crippen molar-refractivity contribution < 1.29 is 9.53 Å². The van der Waals surface area contributed by atoms with Crippen molar-refractivity contribution in [3.05, 3.63) is 33.9 Å². The Labute approximate surface area is 128 Å². The van der Waals surface area contributed by atoms with Gasteiger partial charge in [0.15, 0.2) is 0 Å². The van der Waals surface area contributed by atoms with E-state index in [1.54, 1.807) is 0 Å². The molecular weight excluding hydrogens is 262 g/mol. The second kappa shape index (κ2) is 6.61. The fraction of sp³-hybridized carbons (Fsp3) is 0.611. The summed E-state index contributed by atoms with van der Waals surface area (Å²) in [6, 6.07) is 2.14. The van der Waals surface area contributed by atoms with E-state index in [0.717, 1.165) is 6.42 Å². The number of esters is 1. The number of hydrogen-bond acceptors (Lipinski definition) is 3. The van der Waals surface area contributed by atoms with Gasteiger partial charge in [-0.15, -0.1) is 0 Å². The first kappa shape index (κ1) is 17.7. The molecule has 3 heteroatoms. The van der Waals surface area contributed by atoms with Crippen LogP contribution in [-0.4, -0.2) is 13.1 Å². The molecule has 0 fully saturated rings. The Morgan fingerprint density at radius 1 is 1.19 bits per heavy atom. The number of nitrogens with two attached hydrogens (primary N) is 1. The van der Waals surface area contributed by atoms with Crippen LogP contribution < -0.4 is 5.73 Å². The van der Waals surface area contributed by atoms with Gasteiger partial charge in [-0.2, -0.15) is 0 Å². The van der Waals surface area contributed by atoms with Gasteiger partial charge in [0.2, 0.25) is 0 Å².